The summed E-state index contributed by atoms with van der Waals surface area (Å²) < 4.78 is 0. The maximum absolute atomic E-state index is 11.3. The molecule has 0 heterocycles. The zero-order valence-electron chi connectivity index (χ0n) is 17.8. The van der Waals surface area contributed by atoms with E-state index in [1.54, 1.807) is 0 Å². The molecule has 0 saturated heterocycles. The number of hydrogen-bond acceptors (Lipinski definition) is 1. The number of aliphatic carboxylic acids is 1. The van der Waals surface area contributed by atoms with Crippen LogP contribution in [0.5, 0.6) is 0 Å². The second-order valence-electron chi connectivity index (χ2n) is 7.90. The number of hydrogen-bond donors (Lipinski definition) is 1. The Morgan fingerprint density at radius 1 is 0.654 bits per heavy atom. The predicted octanol–water partition coefficient (Wildman–Crippen LogP) is 8.31. The summed E-state index contributed by atoms with van der Waals surface area (Å²) in [6.07, 6.45) is 26.6. The minimum Gasteiger partial charge on any atom is -0.481 e. The first-order valence-corrected chi connectivity index (χ1v) is 11.6. The van der Waals surface area contributed by atoms with Gasteiger partial charge in [-0.3, -0.25) is 4.79 Å². The molecule has 0 bridgehead atoms. The fraction of sp³-hybridized carbons (Fsp3) is 0.875. The summed E-state index contributed by atoms with van der Waals surface area (Å²) in [5.74, 6) is -0.691. The van der Waals surface area contributed by atoms with Gasteiger partial charge in [-0.2, -0.15) is 0 Å². The van der Waals surface area contributed by atoms with Crippen molar-refractivity contribution in [2.24, 2.45) is 5.92 Å². The van der Waals surface area contributed by atoms with Crippen molar-refractivity contribution in [3.8, 4) is 0 Å². The monoisotopic (exact) mass is 366 g/mol. The van der Waals surface area contributed by atoms with Crippen molar-refractivity contribution >= 4 is 5.97 Å². The normalized spacial score (nSPS) is 12.7. The van der Waals surface area contributed by atoms with Crippen molar-refractivity contribution in [1.82, 2.24) is 0 Å². The first-order valence-electron chi connectivity index (χ1n) is 11.6. The predicted molar refractivity (Wildman–Crippen MR) is 115 cm³/mol. The second kappa shape index (κ2) is 20.5. The summed E-state index contributed by atoms with van der Waals surface area (Å²) in [5.41, 5.74) is 0. The van der Waals surface area contributed by atoms with Gasteiger partial charge < -0.3 is 5.11 Å². The van der Waals surface area contributed by atoms with Crippen LogP contribution in [0.2, 0.25) is 0 Å². The number of carboxylic acids is 1. The van der Waals surface area contributed by atoms with Crippen LogP contribution in [0.1, 0.15) is 129 Å². The molecule has 1 N–H and O–H groups in total. The van der Waals surface area contributed by atoms with Gasteiger partial charge in [0.2, 0.25) is 0 Å². The Morgan fingerprint density at radius 2 is 1.04 bits per heavy atom. The topological polar surface area (TPSA) is 37.3 Å². The molecular weight excluding hydrogens is 320 g/mol. The highest BCUT2D eigenvalue weighted by molar-refractivity contribution is 5.69. The van der Waals surface area contributed by atoms with E-state index in [1.165, 1.54) is 89.9 Å². The average molecular weight is 367 g/mol. The summed E-state index contributed by atoms with van der Waals surface area (Å²) in [4.78, 5) is 11.3. The van der Waals surface area contributed by atoms with Crippen LogP contribution >= 0.6 is 0 Å². The van der Waals surface area contributed by atoms with Gasteiger partial charge in [-0.15, -0.1) is 0 Å². The molecule has 26 heavy (non-hydrogen) atoms. The van der Waals surface area contributed by atoms with Crippen molar-refractivity contribution < 1.29 is 9.90 Å². The Morgan fingerprint density at radius 3 is 1.50 bits per heavy atom. The zero-order chi connectivity index (χ0) is 19.3. The summed E-state index contributed by atoms with van der Waals surface area (Å²) in [6, 6.07) is 0. The highest BCUT2D eigenvalue weighted by atomic mass is 16.4. The molecule has 1 atom stereocenters. The van der Waals surface area contributed by atoms with Crippen LogP contribution in [0.25, 0.3) is 0 Å². The lowest BCUT2D eigenvalue weighted by Gasteiger charge is -2.11. The van der Waals surface area contributed by atoms with E-state index in [0.717, 1.165) is 25.7 Å². The van der Waals surface area contributed by atoms with Gasteiger partial charge in [0, 0.05) is 0 Å². The van der Waals surface area contributed by atoms with Crippen LogP contribution in [0.4, 0.5) is 0 Å². The molecule has 0 aromatic carbocycles. The van der Waals surface area contributed by atoms with Crippen LogP contribution in [-0.2, 0) is 4.79 Å². The van der Waals surface area contributed by atoms with Crippen LogP contribution in [0, 0.1) is 5.92 Å². The van der Waals surface area contributed by atoms with Gasteiger partial charge in [-0.1, -0.05) is 103 Å². The molecule has 0 aliphatic heterocycles. The maximum Gasteiger partial charge on any atom is 0.306 e. The second-order valence-corrected chi connectivity index (χ2v) is 7.90. The maximum atomic E-state index is 11.3. The van der Waals surface area contributed by atoms with Gasteiger partial charge in [0.25, 0.3) is 0 Å². The van der Waals surface area contributed by atoms with Crippen molar-refractivity contribution in [2.45, 2.75) is 129 Å². The van der Waals surface area contributed by atoms with Crippen molar-refractivity contribution in [3.63, 3.8) is 0 Å². The van der Waals surface area contributed by atoms with E-state index < -0.39 is 5.97 Å². The lowest BCUT2D eigenvalue weighted by molar-refractivity contribution is -0.142. The lowest BCUT2D eigenvalue weighted by Crippen LogP contribution is -2.13. The summed E-state index contributed by atoms with van der Waals surface area (Å²) in [6.45, 7) is 4.46. The third-order valence-electron chi connectivity index (χ3n) is 5.32. The molecule has 0 radical (unpaired) electrons. The van der Waals surface area contributed by atoms with Crippen LogP contribution < -0.4 is 0 Å². The number of carbonyl (C=O) groups is 1. The van der Waals surface area contributed by atoms with Gasteiger partial charge in [0.05, 0.1) is 5.92 Å². The largest absolute Gasteiger partial charge is 0.481 e. The number of unbranched alkanes of at least 4 members (excludes halogenated alkanes) is 13. The van der Waals surface area contributed by atoms with Gasteiger partial charge in [0.15, 0.2) is 0 Å². The zero-order valence-corrected chi connectivity index (χ0v) is 17.8. The van der Waals surface area contributed by atoms with E-state index in [4.69, 9.17) is 0 Å². The van der Waals surface area contributed by atoms with E-state index in [0.29, 0.717) is 0 Å². The minimum atomic E-state index is -0.584. The quantitative estimate of drug-likeness (QED) is 0.174. The molecule has 0 fully saturated rings. The molecule has 154 valence electrons. The van der Waals surface area contributed by atoms with Crippen LogP contribution in [0.3, 0.4) is 0 Å². The molecule has 0 saturated carbocycles. The van der Waals surface area contributed by atoms with Gasteiger partial charge >= 0.3 is 5.97 Å². The highest BCUT2D eigenvalue weighted by Gasteiger charge is 2.15. The number of allylic oxidation sites excluding steroid dienone is 2. The number of carboxylic acid groups (broad SMARTS) is 1. The molecule has 0 aromatic rings. The Labute approximate surface area is 163 Å². The molecule has 0 amide bonds. The minimum absolute atomic E-state index is 0.107. The summed E-state index contributed by atoms with van der Waals surface area (Å²) in [7, 11) is 0. The van der Waals surface area contributed by atoms with Gasteiger partial charge in [-0.05, 0) is 38.5 Å². The van der Waals surface area contributed by atoms with E-state index in [2.05, 4.69) is 26.0 Å². The molecule has 0 aromatic heterocycles. The molecule has 0 aliphatic carbocycles. The fourth-order valence-corrected chi connectivity index (χ4v) is 3.49. The average Bonchev–Trinajstić information content (AvgIpc) is 2.63. The molecule has 1 unspecified atom stereocenters. The van der Waals surface area contributed by atoms with Crippen molar-refractivity contribution in [1.29, 1.82) is 0 Å². The molecule has 0 rings (SSSR count). The fourth-order valence-electron chi connectivity index (χ4n) is 3.49. The van der Waals surface area contributed by atoms with Crippen molar-refractivity contribution in [2.75, 3.05) is 0 Å². The lowest BCUT2D eigenvalue weighted by atomic mass is 9.94. The van der Waals surface area contributed by atoms with E-state index in [9.17, 15) is 9.90 Å². The SMILES string of the molecule is CCCCCCCC/C=C/CCCCCCC(CCCCCC)C(=O)O. The molecule has 0 aliphatic rings. The smallest absolute Gasteiger partial charge is 0.306 e. The van der Waals surface area contributed by atoms with Gasteiger partial charge in [0.1, 0.15) is 0 Å². The van der Waals surface area contributed by atoms with Gasteiger partial charge in [-0.25, -0.2) is 0 Å². The Hall–Kier alpha value is -0.790. The summed E-state index contributed by atoms with van der Waals surface area (Å²) >= 11 is 0. The first kappa shape index (κ1) is 25.2. The van der Waals surface area contributed by atoms with Crippen LogP contribution in [-0.4, -0.2) is 11.1 Å². The highest BCUT2D eigenvalue weighted by Crippen LogP contribution is 2.19. The Balaban J connectivity index is 3.44. The number of rotatable bonds is 20. The summed E-state index contributed by atoms with van der Waals surface area (Å²) in [5, 5.41) is 9.32. The third kappa shape index (κ3) is 18.0. The third-order valence-corrected chi connectivity index (χ3v) is 5.32. The van der Waals surface area contributed by atoms with Crippen molar-refractivity contribution in [3.05, 3.63) is 12.2 Å². The molecule has 2 heteroatoms. The van der Waals surface area contributed by atoms with E-state index in [1.807, 2.05) is 0 Å². The molecule has 0 spiro atoms. The standard InChI is InChI=1S/C24H46O2/c1-3-5-7-9-10-11-12-13-14-15-16-17-18-20-22-23(24(25)26)21-19-8-6-4-2/h13-14,23H,3-12,15-22H2,1-2H3,(H,25,26)/b14-13+. The first-order chi connectivity index (χ1) is 12.7. The molecule has 2 nitrogen and oxygen atoms in total. The van der Waals surface area contributed by atoms with Crippen LogP contribution in [0.15, 0.2) is 12.2 Å². The Kier molecular flexibility index (Phi) is 19.9. The molecular formula is C24H46O2. The van der Waals surface area contributed by atoms with E-state index in [-0.39, 0.29) is 5.92 Å². The van der Waals surface area contributed by atoms with E-state index >= 15 is 0 Å². The Bertz CT molecular complexity index is 322.